The Morgan fingerprint density at radius 1 is 1.09 bits per heavy atom. The Morgan fingerprint density at radius 3 is 2.44 bits per heavy atom. The summed E-state index contributed by atoms with van der Waals surface area (Å²) in [5.74, 6) is -0.416. The van der Waals surface area contributed by atoms with Crippen LogP contribution in [0.1, 0.15) is 31.7 Å². The summed E-state index contributed by atoms with van der Waals surface area (Å²) in [5, 5.41) is 9.48. The largest absolute Gasteiger partial charge is 0.466 e. The van der Waals surface area contributed by atoms with E-state index in [1.54, 1.807) is 36.7 Å². The van der Waals surface area contributed by atoms with Crippen molar-refractivity contribution in [3.63, 3.8) is 0 Å². The highest BCUT2D eigenvalue weighted by Crippen LogP contribution is 2.41. The van der Waals surface area contributed by atoms with Crippen molar-refractivity contribution in [3.8, 4) is 11.5 Å². The maximum absolute atomic E-state index is 13.2. The number of nitrogens with one attached hydrogen (secondary N) is 2. The van der Waals surface area contributed by atoms with Crippen LogP contribution in [0.15, 0.2) is 53.4 Å². The van der Waals surface area contributed by atoms with Gasteiger partial charge in [0.2, 0.25) is 10.0 Å². The molecule has 1 fully saturated rings. The maximum Gasteiger partial charge on any atom is 0.307 e. The van der Waals surface area contributed by atoms with Gasteiger partial charge < -0.3 is 14.2 Å². The summed E-state index contributed by atoms with van der Waals surface area (Å²) < 4.78 is 45.0. The number of hydrogen-bond donors (Lipinski definition) is 3. The molecule has 184 valence electrons. The summed E-state index contributed by atoms with van der Waals surface area (Å²) in [7, 11) is -4.14. The average Bonchev–Trinajstić information content (AvgIpc) is 2.84. The Hall–Kier alpha value is -2.99. The fourth-order valence-corrected chi connectivity index (χ4v) is 5.17. The number of ether oxygens (including phenoxy) is 3. The number of sulfonamides is 1. The first-order valence-corrected chi connectivity index (χ1v) is 12.4. The minimum atomic E-state index is -4.14. The summed E-state index contributed by atoms with van der Waals surface area (Å²) in [4.78, 5) is 24.3. The van der Waals surface area contributed by atoms with Gasteiger partial charge in [0.15, 0.2) is 0 Å². The normalized spacial score (nSPS) is 15.4. The SMILES string of the molecule is CCOC(=O)CCNS(=O)(=O)c1ccc(Oc2ccccc2)cc1C1(C(=O)NO)CCOCC1. The van der Waals surface area contributed by atoms with Crippen LogP contribution in [0.5, 0.6) is 11.5 Å². The second-order valence-corrected chi connectivity index (χ2v) is 9.40. The molecule has 11 heteroatoms. The second kappa shape index (κ2) is 11.4. The average molecular weight is 493 g/mol. The summed E-state index contributed by atoms with van der Waals surface area (Å²) in [6.07, 6.45) is 0.159. The van der Waals surface area contributed by atoms with Gasteiger partial charge in [-0.1, -0.05) is 18.2 Å². The van der Waals surface area contributed by atoms with Crippen molar-refractivity contribution in [2.75, 3.05) is 26.4 Å². The molecule has 0 unspecified atom stereocenters. The third-order valence-electron chi connectivity index (χ3n) is 5.54. The van der Waals surface area contributed by atoms with Crippen molar-refractivity contribution < 1.29 is 37.4 Å². The Labute approximate surface area is 198 Å². The molecule has 0 aliphatic carbocycles. The number of hydroxylamine groups is 1. The van der Waals surface area contributed by atoms with Crippen LogP contribution in [-0.4, -0.2) is 51.9 Å². The van der Waals surface area contributed by atoms with Gasteiger partial charge in [-0.15, -0.1) is 0 Å². The predicted octanol–water partition coefficient (Wildman–Crippen LogP) is 2.26. The molecular formula is C23H28N2O8S. The molecule has 34 heavy (non-hydrogen) atoms. The molecule has 0 radical (unpaired) electrons. The van der Waals surface area contributed by atoms with Crippen LogP contribution in [0.2, 0.25) is 0 Å². The molecule has 0 atom stereocenters. The van der Waals surface area contributed by atoms with Crippen molar-refractivity contribution in [1.29, 1.82) is 0 Å². The van der Waals surface area contributed by atoms with Gasteiger partial charge in [0.1, 0.15) is 11.5 Å². The molecule has 0 spiro atoms. The topological polar surface area (TPSA) is 140 Å². The fourth-order valence-electron chi connectivity index (χ4n) is 3.85. The third-order valence-corrected chi connectivity index (χ3v) is 7.06. The van der Waals surface area contributed by atoms with Crippen LogP contribution in [0.25, 0.3) is 0 Å². The predicted molar refractivity (Wildman–Crippen MR) is 121 cm³/mol. The lowest BCUT2D eigenvalue weighted by molar-refractivity contribution is -0.143. The van der Waals surface area contributed by atoms with Gasteiger partial charge in [-0.2, -0.15) is 0 Å². The molecule has 1 aliphatic rings. The Morgan fingerprint density at radius 2 is 1.79 bits per heavy atom. The van der Waals surface area contributed by atoms with Gasteiger partial charge in [-0.25, -0.2) is 18.6 Å². The van der Waals surface area contributed by atoms with Crippen molar-refractivity contribution in [2.45, 2.75) is 36.5 Å². The smallest absolute Gasteiger partial charge is 0.307 e. The van der Waals surface area contributed by atoms with Crippen LogP contribution in [0, 0.1) is 0 Å². The van der Waals surface area contributed by atoms with E-state index in [1.807, 2.05) is 6.07 Å². The fraction of sp³-hybridized carbons (Fsp3) is 0.391. The van der Waals surface area contributed by atoms with Crippen LogP contribution in [-0.2, 0) is 34.5 Å². The summed E-state index contributed by atoms with van der Waals surface area (Å²) in [5.41, 5.74) is 0.482. The van der Waals surface area contributed by atoms with E-state index >= 15 is 0 Å². The third kappa shape index (κ3) is 5.92. The zero-order valence-electron chi connectivity index (χ0n) is 18.8. The van der Waals surface area contributed by atoms with E-state index in [9.17, 15) is 23.2 Å². The second-order valence-electron chi connectivity index (χ2n) is 7.66. The van der Waals surface area contributed by atoms with Gasteiger partial charge in [-0.05, 0) is 55.7 Å². The van der Waals surface area contributed by atoms with Gasteiger partial charge >= 0.3 is 5.97 Å². The highest BCUT2D eigenvalue weighted by atomic mass is 32.2. The number of para-hydroxylation sites is 1. The van der Waals surface area contributed by atoms with E-state index in [0.29, 0.717) is 11.5 Å². The monoisotopic (exact) mass is 492 g/mol. The Balaban J connectivity index is 2.02. The summed E-state index contributed by atoms with van der Waals surface area (Å²) in [6.45, 7) is 2.08. The standard InChI is InChI=1S/C23H28N2O8S/c1-2-32-21(26)10-13-24-34(29,30)20-9-8-18(33-17-6-4-3-5-7-17)16-19(20)23(22(27)25-28)11-14-31-15-12-23/h3-9,16,24,28H,2,10-15H2,1H3,(H,25,27). The molecule has 1 saturated heterocycles. The number of rotatable bonds is 10. The Kier molecular flexibility index (Phi) is 8.61. The van der Waals surface area contributed by atoms with E-state index in [1.165, 1.54) is 18.2 Å². The number of carbonyl (C=O) groups excluding carboxylic acids is 2. The Bertz CT molecular complexity index is 1100. The lowest BCUT2D eigenvalue weighted by atomic mass is 9.73. The van der Waals surface area contributed by atoms with E-state index in [0.717, 1.165) is 0 Å². The van der Waals surface area contributed by atoms with Gasteiger partial charge in [0.25, 0.3) is 5.91 Å². The molecule has 0 aromatic heterocycles. The lowest BCUT2D eigenvalue weighted by Crippen LogP contribution is -2.48. The first-order valence-electron chi connectivity index (χ1n) is 10.9. The van der Waals surface area contributed by atoms with Gasteiger partial charge in [0, 0.05) is 19.8 Å². The highest BCUT2D eigenvalue weighted by Gasteiger charge is 2.45. The molecule has 1 heterocycles. The minimum absolute atomic E-state index is 0.145. The number of hydrogen-bond acceptors (Lipinski definition) is 8. The zero-order chi connectivity index (χ0) is 24.6. The van der Waals surface area contributed by atoms with Crippen molar-refractivity contribution in [1.82, 2.24) is 10.2 Å². The summed E-state index contributed by atoms with van der Waals surface area (Å²) in [6, 6.07) is 13.2. The highest BCUT2D eigenvalue weighted by molar-refractivity contribution is 7.89. The number of esters is 1. The quantitative estimate of drug-likeness (QED) is 0.261. The number of carbonyl (C=O) groups is 2. The van der Waals surface area contributed by atoms with Gasteiger partial charge in [0.05, 0.1) is 23.3 Å². The van der Waals surface area contributed by atoms with Crippen LogP contribution >= 0.6 is 0 Å². The summed E-state index contributed by atoms with van der Waals surface area (Å²) >= 11 is 0. The molecule has 10 nitrogen and oxygen atoms in total. The van der Waals surface area contributed by atoms with E-state index in [2.05, 4.69) is 4.72 Å². The first kappa shape index (κ1) is 25.6. The van der Waals surface area contributed by atoms with Crippen molar-refractivity contribution in [2.24, 2.45) is 0 Å². The van der Waals surface area contributed by atoms with E-state index in [-0.39, 0.29) is 56.1 Å². The zero-order valence-corrected chi connectivity index (χ0v) is 19.6. The molecule has 1 amide bonds. The molecule has 2 aromatic rings. The molecule has 3 rings (SSSR count). The molecular weight excluding hydrogens is 464 g/mol. The number of amides is 1. The molecule has 1 aliphatic heterocycles. The number of benzene rings is 2. The first-order chi connectivity index (χ1) is 16.3. The maximum atomic E-state index is 13.2. The van der Waals surface area contributed by atoms with Crippen LogP contribution in [0.3, 0.4) is 0 Å². The lowest BCUT2D eigenvalue weighted by Gasteiger charge is -2.36. The van der Waals surface area contributed by atoms with E-state index in [4.69, 9.17) is 14.2 Å². The molecule has 0 bridgehead atoms. The minimum Gasteiger partial charge on any atom is -0.466 e. The van der Waals surface area contributed by atoms with Crippen LogP contribution in [0.4, 0.5) is 0 Å². The van der Waals surface area contributed by atoms with Crippen molar-refractivity contribution >= 4 is 21.9 Å². The molecule has 2 aromatic carbocycles. The molecule has 0 saturated carbocycles. The van der Waals surface area contributed by atoms with Crippen molar-refractivity contribution in [3.05, 3.63) is 54.1 Å². The van der Waals surface area contributed by atoms with Gasteiger partial charge in [-0.3, -0.25) is 14.8 Å². The molecule has 3 N–H and O–H groups in total. The van der Waals surface area contributed by atoms with Crippen LogP contribution < -0.4 is 14.9 Å². The van der Waals surface area contributed by atoms with E-state index < -0.39 is 27.3 Å².